The summed E-state index contributed by atoms with van der Waals surface area (Å²) in [5, 5.41) is 10.8. The minimum Gasteiger partial charge on any atom is -0.385 e. The molecule has 0 bridgehead atoms. The summed E-state index contributed by atoms with van der Waals surface area (Å²) in [4.78, 5) is 0. The first kappa shape index (κ1) is 13.5. The van der Waals surface area contributed by atoms with Gasteiger partial charge in [-0.1, -0.05) is 19.9 Å². The molecule has 1 N–H and O–H groups in total. The van der Waals surface area contributed by atoms with Crippen LogP contribution in [0.1, 0.15) is 56.2 Å². The van der Waals surface area contributed by atoms with Gasteiger partial charge in [-0.15, -0.1) is 0 Å². The molecule has 0 unspecified atom stereocenters. The summed E-state index contributed by atoms with van der Waals surface area (Å²) in [7, 11) is 0. The predicted octanol–water partition coefficient (Wildman–Crippen LogP) is 4.23. The molecule has 1 aliphatic carbocycles. The standard InChI is InChI=1S/C16H23FO/c1-11-9-12(2)14(13(17)10-11)16(18)7-5-15(3,4)6-8-16/h9-10,18H,5-8H2,1-4H3. The van der Waals surface area contributed by atoms with Crippen molar-refractivity contribution in [1.82, 2.24) is 0 Å². The Kier molecular flexibility index (Phi) is 3.26. The highest BCUT2D eigenvalue weighted by atomic mass is 19.1. The molecule has 0 radical (unpaired) electrons. The lowest BCUT2D eigenvalue weighted by atomic mass is 9.68. The highest BCUT2D eigenvalue weighted by Crippen LogP contribution is 2.46. The zero-order valence-electron chi connectivity index (χ0n) is 11.8. The van der Waals surface area contributed by atoms with E-state index in [1.807, 2.05) is 19.9 Å². The van der Waals surface area contributed by atoms with E-state index in [0.29, 0.717) is 18.4 Å². The summed E-state index contributed by atoms with van der Waals surface area (Å²) < 4.78 is 14.2. The van der Waals surface area contributed by atoms with E-state index < -0.39 is 5.60 Å². The average molecular weight is 250 g/mol. The van der Waals surface area contributed by atoms with Gasteiger partial charge in [0.25, 0.3) is 0 Å². The topological polar surface area (TPSA) is 20.2 Å². The van der Waals surface area contributed by atoms with Crippen LogP contribution in [0.25, 0.3) is 0 Å². The first-order valence-electron chi connectivity index (χ1n) is 6.73. The lowest BCUT2D eigenvalue weighted by Crippen LogP contribution is -2.36. The molecule has 100 valence electrons. The molecule has 18 heavy (non-hydrogen) atoms. The molecular weight excluding hydrogens is 227 g/mol. The van der Waals surface area contributed by atoms with Crippen LogP contribution >= 0.6 is 0 Å². The van der Waals surface area contributed by atoms with Crippen molar-refractivity contribution in [3.63, 3.8) is 0 Å². The highest BCUT2D eigenvalue weighted by molar-refractivity contribution is 5.36. The Morgan fingerprint density at radius 1 is 1.06 bits per heavy atom. The Labute approximate surface area is 109 Å². The van der Waals surface area contributed by atoms with Crippen molar-refractivity contribution >= 4 is 0 Å². The predicted molar refractivity (Wildman–Crippen MR) is 72.0 cm³/mol. The van der Waals surface area contributed by atoms with Gasteiger partial charge in [-0.25, -0.2) is 4.39 Å². The molecule has 1 aromatic carbocycles. The van der Waals surface area contributed by atoms with Gasteiger partial charge in [0.1, 0.15) is 5.82 Å². The average Bonchev–Trinajstić information content (AvgIpc) is 2.22. The van der Waals surface area contributed by atoms with Crippen molar-refractivity contribution in [2.45, 2.75) is 59.0 Å². The number of hydrogen-bond acceptors (Lipinski definition) is 1. The first-order chi connectivity index (χ1) is 8.23. The maximum absolute atomic E-state index is 14.2. The number of hydrogen-bond donors (Lipinski definition) is 1. The van der Waals surface area contributed by atoms with Crippen LogP contribution in [0.4, 0.5) is 4.39 Å². The summed E-state index contributed by atoms with van der Waals surface area (Å²) in [6.07, 6.45) is 3.19. The van der Waals surface area contributed by atoms with E-state index in [2.05, 4.69) is 13.8 Å². The maximum atomic E-state index is 14.2. The summed E-state index contributed by atoms with van der Waals surface area (Å²) in [5.41, 5.74) is 1.59. The van der Waals surface area contributed by atoms with Crippen LogP contribution in [0, 0.1) is 25.1 Å². The lowest BCUT2D eigenvalue weighted by Gasteiger charge is -2.41. The van der Waals surface area contributed by atoms with Crippen molar-refractivity contribution in [2.75, 3.05) is 0 Å². The van der Waals surface area contributed by atoms with Gasteiger partial charge in [-0.2, -0.15) is 0 Å². The number of aryl methyl sites for hydroxylation is 2. The molecule has 1 aromatic rings. The van der Waals surface area contributed by atoms with E-state index in [4.69, 9.17) is 0 Å². The van der Waals surface area contributed by atoms with Gasteiger partial charge < -0.3 is 5.11 Å². The number of rotatable bonds is 1. The van der Waals surface area contributed by atoms with Gasteiger partial charge in [0, 0.05) is 5.56 Å². The van der Waals surface area contributed by atoms with E-state index in [9.17, 15) is 9.50 Å². The summed E-state index contributed by atoms with van der Waals surface area (Å²) in [6, 6.07) is 3.48. The minimum absolute atomic E-state index is 0.255. The fourth-order valence-corrected chi connectivity index (χ4v) is 3.10. The normalized spacial score (nSPS) is 21.9. The van der Waals surface area contributed by atoms with Crippen LogP contribution in [0.2, 0.25) is 0 Å². The van der Waals surface area contributed by atoms with Gasteiger partial charge in [-0.05, 0) is 62.1 Å². The Hall–Kier alpha value is -0.890. The smallest absolute Gasteiger partial charge is 0.129 e. The van der Waals surface area contributed by atoms with Gasteiger partial charge >= 0.3 is 0 Å². The second kappa shape index (κ2) is 4.34. The van der Waals surface area contributed by atoms with Gasteiger partial charge in [0.05, 0.1) is 5.60 Å². The Morgan fingerprint density at radius 3 is 2.11 bits per heavy atom. The third kappa shape index (κ3) is 2.44. The molecule has 0 amide bonds. The Bertz CT molecular complexity index is 429. The van der Waals surface area contributed by atoms with Crippen LogP contribution < -0.4 is 0 Å². The molecule has 1 fully saturated rings. The van der Waals surface area contributed by atoms with E-state index in [1.54, 1.807) is 0 Å². The van der Waals surface area contributed by atoms with E-state index >= 15 is 0 Å². The van der Waals surface area contributed by atoms with Crippen molar-refractivity contribution in [2.24, 2.45) is 5.41 Å². The summed E-state index contributed by atoms with van der Waals surface area (Å²) in [6.45, 7) is 8.20. The van der Waals surface area contributed by atoms with Crippen LogP contribution in [-0.2, 0) is 5.60 Å². The molecule has 2 rings (SSSR count). The molecule has 0 atom stereocenters. The largest absolute Gasteiger partial charge is 0.385 e. The van der Waals surface area contributed by atoms with Crippen LogP contribution in [0.3, 0.4) is 0 Å². The Morgan fingerprint density at radius 2 is 1.61 bits per heavy atom. The highest BCUT2D eigenvalue weighted by Gasteiger charge is 2.40. The Balaban J connectivity index is 2.37. The van der Waals surface area contributed by atoms with E-state index in [-0.39, 0.29) is 11.2 Å². The van der Waals surface area contributed by atoms with Crippen molar-refractivity contribution in [3.8, 4) is 0 Å². The molecule has 0 heterocycles. The molecule has 1 nitrogen and oxygen atoms in total. The molecule has 0 aliphatic heterocycles. The van der Waals surface area contributed by atoms with Crippen LogP contribution in [0.15, 0.2) is 12.1 Å². The van der Waals surface area contributed by atoms with Gasteiger partial charge in [0.15, 0.2) is 0 Å². The summed E-state index contributed by atoms with van der Waals surface area (Å²) in [5.74, 6) is -0.255. The summed E-state index contributed by atoms with van der Waals surface area (Å²) >= 11 is 0. The zero-order valence-corrected chi connectivity index (χ0v) is 11.8. The minimum atomic E-state index is -0.975. The maximum Gasteiger partial charge on any atom is 0.129 e. The van der Waals surface area contributed by atoms with Gasteiger partial charge in [-0.3, -0.25) is 0 Å². The van der Waals surface area contributed by atoms with E-state index in [0.717, 1.165) is 24.0 Å². The molecule has 0 spiro atoms. The molecule has 1 aliphatic rings. The van der Waals surface area contributed by atoms with Crippen molar-refractivity contribution in [1.29, 1.82) is 0 Å². The quantitative estimate of drug-likeness (QED) is 0.790. The molecule has 0 saturated heterocycles. The molecule has 0 aromatic heterocycles. The fourth-order valence-electron chi connectivity index (χ4n) is 3.10. The van der Waals surface area contributed by atoms with Crippen molar-refractivity contribution in [3.05, 3.63) is 34.6 Å². The third-order valence-electron chi connectivity index (χ3n) is 4.33. The lowest BCUT2D eigenvalue weighted by molar-refractivity contribution is -0.0336. The molecule has 2 heteroatoms. The number of benzene rings is 1. The fraction of sp³-hybridized carbons (Fsp3) is 0.625. The zero-order chi connectivity index (χ0) is 13.6. The molecule has 1 saturated carbocycles. The van der Waals surface area contributed by atoms with Crippen molar-refractivity contribution < 1.29 is 9.50 Å². The second-order valence-corrected chi connectivity index (χ2v) is 6.63. The second-order valence-electron chi connectivity index (χ2n) is 6.63. The van der Waals surface area contributed by atoms with E-state index in [1.165, 1.54) is 6.07 Å². The number of aliphatic hydroxyl groups is 1. The number of halogens is 1. The first-order valence-corrected chi connectivity index (χ1v) is 6.73. The van der Waals surface area contributed by atoms with Gasteiger partial charge in [0.2, 0.25) is 0 Å². The molecular formula is C16H23FO. The van der Waals surface area contributed by atoms with Crippen LogP contribution in [0.5, 0.6) is 0 Å². The van der Waals surface area contributed by atoms with Crippen LogP contribution in [-0.4, -0.2) is 5.11 Å². The third-order valence-corrected chi connectivity index (χ3v) is 4.33. The monoisotopic (exact) mass is 250 g/mol. The SMILES string of the molecule is Cc1cc(C)c(C2(O)CCC(C)(C)CC2)c(F)c1.